The van der Waals surface area contributed by atoms with E-state index in [1.165, 1.54) is 13.2 Å². The highest BCUT2D eigenvalue weighted by Crippen LogP contribution is 2.27. The maximum Gasteiger partial charge on any atom is 0.313 e. The topological polar surface area (TPSA) is 67.4 Å². The molecule has 0 aliphatic heterocycles. The van der Waals surface area contributed by atoms with Crippen LogP contribution in [0.2, 0.25) is 5.02 Å². The van der Waals surface area contributed by atoms with Crippen LogP contribution in [0.15, 0.2) is 18.2 Å². The first-order chi connectivity index (χ1) is 8.58. The minimum Gasteiger partial charge on any atom is -0.495 e. The monoisotopic (exact) mass is 290 g/mol. The SMILES string of the molecule is COc1ccc(Cl)cc1NC(=O)C(=O)NCCCl. The summed E-state index contributed by atoms with van der Waals surface area (Å²) in [6.07, 6.45) is 0. The number of amides is 2. The first-order valence-corrected chi connectivity index (χ1v) is 5.98. The highest BCUT2D eigenvalue weighted by atomic mass is 35.5. The maximum absolute atomic E-state index is 11.5. The van der Waals surface area contributed by atoms with Crippen LogP contribution in [-0.4, -0.2) is 31.3 Å². The van der Waals surface area contributed by atoms with Gasteiger partial charge < -0.3 is 15.4 Å². The van der Waals surface area contributed by atoms with Crippen LogP contribution in [0, 0.1) is 0 Å². The minimum absolute atomic E-state index is 0.223. The molecular formula is C11H12Cl2N2O3. The molecule has 0 heterocycles. The summed E-state index contributed by atoms with van der Waals surface area (Å²) in [5, 5.41) is 5.18. The molecule has 0 aliphatic rings. The van der Waals surface area contributed by atoms with Gasteiger partial charge in [-0.15, -0.1) is 11.6 Å². The van der Waals surface area contributed by atoms with E-state index in [2.05, 4.69) is 10.6 Å². The molecule has 2 amide bonds. The molecule has 1 rings (SSSR count). The van der Waals surface area contributed by atoms with E-state index in [-0.39, 0.29) is 12.4 Å². The van der Waals surface area contributed by atoms with Crippen LogP contribution in [0.4, 0.5) is 5.69 Å². The van der Waals surface area contributed by atoms with Crippen molar-refractivity contribution in [3.8, 4) is 5.75 Å². The van der Waals surface area contributed by atoms with Crippen molar-refractivity contribution in [2.75, 3.05) is 24.9 Å². The smallest absolute Gasteiger partial charge is 0.313 e. The van der Waals surface area contributed by atoms with Gasteiger partial charge in [-0.1, -0.05) is 11.6 Å². The molecule has 18 heavy (non-hydrogen) atoms. The molecule has 0 spiro atoms. The molecule has 1 aromatic rings. The van der Waals surface area contributed by atoms with Crippen molar-refractivity contribution in [2.24, 2.45) is 0 Å². The molecule has 0 saturated heterocycles. The molecule has 0 bridgehead atoms. The number of hydrogen-bond acceptors (Lipinski definition) is 3. The summed E-state index contributed by atoms with van der Waals surface area (Å²) in [5.41, 5.74) is 0.330. The van der Waals surface area contributed by atoms with Crippen LogP contribution in [0.25, 0.3) is 0 Å². The number of anilines is 1. The van der Waals surface area contributed by atoms with Gasteiger partial charge >= 0.3 is 11.8 Å². The van der Waals surface area contributed by atoms with E-state index in [1.54, 1.807) is 12.1 Å². The molecule has 0 aromatic heterocycles. The van der Waals surface area contributed by atoms with E-state index < -0.39 is 11.8 Å². The summed E-state index contributed by atoms with van der Waals surface area (Å²) < 4.78 is 5.04. The molecule has 0 aliphatic carbocycles. The lowest BCUT2D eigenvalue weighted by Crippen LogP contribution is -2.36. The summed E-state index contributed by atoms with van der Waals surface area (Å²) >= 11 is 11.2. The zero-order valence-electron chi connectivity index (χ0n) is 9.63. The summed E-state index contributed by atoms with van der Waals surface area (Å²) in [6.45, 7) is 0.223. The van der Waals surface area contributed by atoms with Crippen LogP contribution in [0.1, 0.15) is 0 Å². The van der Waals surface area contributed by atoms with Gasteiger partial charge in [-0.25, -0.2) is 0 Å². The van der Waals surface area contributed by atoms with Gasteiger partial charge in [0.25, 0.3) is 0 Å². The van der Waals surface area contributed by atoms with Gasteiger partial charge in [0.1, 0.15) is 5.75 Å². The molecule has 98 valence electrons. The second-order valence-electron chi connectivity index (χ2n) is 3.24. The Bertz CT molecular complexity index is 452. The third-order valence-electron chi connectivity index (χ3n) is 2.00. The Labute approximate surface area is 114 Å². The Kier molecular flexibility index (Phi) is 5.74. The van der Waals surface area contributed by atoms with E-state index in [0.717, 1.165) is 0 Å². The van der Waals surface area contributed by atoms with Gasteiger partial charge in [0, 0.05) is 17.4 Å². The van der Waals surface area contributed by atoms with Crippen LogP contribution in [0.5, 0.6) is 5.75 Å². The lowest BCUT2D eigenvalue weighted by molar-refractivity contribution is -0.136. The van der Waals surface area contributed by atoms with E-state index in [0.29, 0.717) is 16.5 Å². The quantitative estimate of drug-likeness (QED) is 0.654. The molecule has 0 radical (unpaired) electrons. The average molecular weight is 291 g/mol. The second-order valence-corrected chi connectivity index (χ2v) is 4.06. The number of hydrogen-bond donors (Lipinski definition) is 2. The molecule has 7 heteroatoms. The number of carbonyl (C=O) groups is 2. The highest BCUT2D eigenvalue weighted by Gasteiger charge is 2.15. The van der Waals surface area contributed by atoms with Crippen molar-refractivity contribution in [3.63, 3.8) is 0 Å². The van der Waals surface area contributed by atoms with Crippen molar-refractivity contribution < 1.29 is 14.3 Å². The molecule has 2 N–H and O–H groups in total. The predicted octanol–water partition coefficient (Wildman–Crippen LogP) is 1.64. The Hall–Kier alpha value is -1.46. The summed E-state index contributed by atoms with van der Waals surface area (Å²) in [5.74, 6) is -0.921. The number of methoxy groups -OCH3 is 1. The van der Waals surface area contributed by atoms with E-state index >= 15 is 0 Å². The van der Waals surface area contributed by atoms with Crippen molar-refractivity contribution in [1.82, 2.24) is 5.32 Å². The third-order valence-corrected chi connectivity index (χ3v) is 2.42. The fraction of sp³-hybridized carbons (Fsp3) is 0.273. The molecule has 0 saturated carbocycles. The van der Waals surface area contributed by atoms with Crippen molar-refractivity contribution in [3.05, 3.63) is 23.2 Å². The van der Waals surface area contributed by atoms with Crippen LogP contribution in [-0.2, 0) is 9.59 Å². The Morgan fingerprint density at radius 1 is 1.33 bits per heavy atom. The van der Waals surface area contributed by atoms with E-state index in [4.69, 9.17) is 27.9 Å². The molecule has 0 fully saturated rings. The number of ether oxygens (including phenoxy) is 1. The van der Waals surface area contributed by atoms with Crippen LogP contribution < -0.4 is 15.4 Å². The van der Waals surface area contributed by atoms with Gasteiger partial charge in [0.05, 0.1) is 12.8 Å². The number of benzene rings is 1. The van der Waals surface area contributed by atoms with Crippen LogP contribution >= 0.6 is 23.2 Å². The largest absolute Gasteiger partial charge is 0.495 e. The second kappa shape index (κ2) is 7.08. The number of alkyl halides is 1. The van der Waals surface area contributed by atoms with Gasteiger partial charge in [-0.2, -0.15) is 0 Å². The Balaban J connectivity index is 2.74. The van der Waals surface area contributed by atoms with E-state index in [1.807, 2.05) is 0 Å². The van der Waals surface area contributed by atoms with E-state index in [9.17, 15) is 9.59 Å². The molecule has 0 atom stereocenters. The summed E-state index contributed by atoms with van der Waals surface area (Å²) in [7, 11) is 1.45. The van der Waals surface area contributed by atoms with Crippen molar-refractivity contribution in [2.45, 2.75) is 0 Å². The molecule has 0 unspecified atom stereocenters. The molecular weight excluding hydrogens is 279 g/mol. The summed E-state index contributed by atoms with van der Waals surface area (Å²) in [4.78, 5) is 22.9. The van der Waals surface area contributed by atoms with Gasteiger partial charge in [-0.05, 0) is 18.2 Å². The average Bonchev–Trinajstić information content (AvgIpc) is 2.36. The van der Waals surface area contributed by atoms with Crippen molar-refractivity contribution in [1.29, 1.82) is 0 Å². The predicted molar refractivity (Wildman–Crippen MR) is 70.4 cm³/mol. The minimum atomic E-state index is -0.805. The first kappa shape index (κ1) is 14.6. The first-order valence-electron chi connectivity index (χ1n) is 5.07. The zero-order valence-corrected chi connectivity index (χ0v) is 11.1. The number of halogens is 2. The highest BCUT2D eigenvalue weighted by molar-refractivity contribution is 6.40. The fourth-order valence-electron chi connectivity index (χ4n) is 1.20. The Morgan fingerprint density at radius 3 is 2.67 bits per heavy atom. The normalized spacial score (nSPS) is 9.72. The number of carbonyl (C=O) groups excluding carboxylic acids is 2. The number of nitrogens with one attached hydrogen (secondary N) is 2. The number of rotatable bonds is 4. The van der Waals surface area contributed by atoms with Gasteiger partial charge in [0.15, 0.2) is 0 Å². The standard InChI is InChI=1S/C11H12Cl2N2O3/c1-18-9-3-2-7(13)6-8(9)15-11(17)10(16)14-5-4-12/h2-3,6H,4-5H2,1H3,(H,14,16)(H,15,17). The Morgan fingerprint density at radius 2 is 2.06 bits per heavy atom. The van der Waals surface area contributed by atoms with Crippen LogP contribution in [0.3, 0.4) is 0 Å². The lowest BCUT2D eigenvalue weighted by Gasteiger charge is -2.10. The van der Waals surface area contributed by atoms with Crippen molar-refractivity contribution >= 4 is 40.7 Å². The van der Waals surface area contributed by atoms with Gasteiger partial charge in [-0.3, -0.25) is 9.59 Å². The molecule has 1 aromatic carbocycles. The van der Waals surface area contributed by atoms with Gasteiger partial charge in [0.2, 0.25) is 0 Å². The lowest BCUT2D eigenvalue weighted by atomic mass is 10.3. The fourth-order valence-corrected chi connectivity index (χ4v) is 1.46. The third kappa shape index (κ3) is 4.09. The summed E-state index contributed by atoms with van der Waals surface area (Å²) in [6, 6.07) is 4.70. The maximum atomic E-state index is 11.5. The molecule has 5 nitrogen and oxygen atoms in total. The zero-order chi connectivity index (χ0) is 13.5.